The van der Waals surface area contributed by atoms with E-state index in [-0.39, 0.29) is 15.8 Å². The fourth-order valence-electron chi connectivity index (χ4n) is 1.17. The highest BCUT2D eigenvalue weighted by Gasteiger charge is 2.33. The van der Waals surface area contributed by atoms with E-state index in [9.17, 15) is 18.0 Å². The molecule has 2 aromatic rings. The fourth-order valence-corrected chi connectivity index (χ4v) is 2.10. The molecule has 3 nitrogen and oxygen atoms in total. The number of aromatic carboxylic acids is 1. The van der Waals surface area contributed by atoms with Crippen molar-refractivity contribution in [1.82, 2.24) is 4.98 Å². The van der Waals surface area contributed by atoms with E-state index in [0.717, 1.165) is 12.3 Å². The molecule has 0 aliphatic rings. The Morgan fingerprint density at radius 2 is 2.06 bits per heavy atom. The predicted octanol–water partition coefficient (Wildman–Crippen LogP) is 3.01. The van der Waals surface area contributed by atoms with Gasteiger partial charge in [0.15, 0.2) is 0 Å². The van der Waals surface area contributed by atoms with E-state index in [4.69, 9.17) is 5.11 Å². The van der Waals surface area contributed by atoms with Gasteiger partial charge >= 0.3 is 12.1 Å². The molecule has 0 spiro atoms. The first-order chi connectivity index (χ1) is 7.38. The normalized spacial score (nSPS) is 11.9. The van der Waals surface area contributed by atoms with Crippen LogP contribution in [0, 0.1) is 0 Å². The minimum Gasteiger partial charge on any atom is -0.478 e. The topological polar surface area (TPSA) is 50.2 Å². The van der Waals surface area contributed by atoms with Gasteiger partial charge in [-0.05, 0) is 12.1 Å². The predicted molar refractivity (Wildman–Crippen MR) is 51.6 cm³/mol. The van der Waals surface area contributed by atoms with E-state index in [1.54, 1.807) is 0 Å². The molecule has 0 aliphatic heterocycles. The van der Waals surface area contributed by atoms with Gasteiger partial charge in [-0.2, -0.15) is 13.2 Å². The molecule has 0 aromatic carbocycles. The number of carboxylic acids is 1. The van der Waals surface area contributed by atoms with Crippen LogP contribution in [-0.2, 0) is 6.18 Å². The number of halogens is 3. The first kappa shape index (κ1) is 10.9. The molecular weight excluding hydrogens is 243 g/mol. The summed E-state index contributed by atoms with van der Waals surface area (Å²) in [6, 6.07) is 2.09. The summed E-state index contributed by atoms with van der Waals surface area (Å²) in [4.78, 5) is 13.5. The van der Waals surface area contributed by atoms with Gasteiger partial charge in [-0.15, -0.1) is 11.3 Å². The molecule has 0 unspecified atom stereocenters. The highest BCUT2D eigenvalue weighted by Crippen LogP contribution is 2.37. The number of aromatic nitrogens is 1. The Balaban J connectivity index is 2.59. The quantitative estimate of drug-likeness (QED) is 0.842. The molecule has 7 heteroatoms. The average Bonchev–Trinajstić information content (AvgIpc) is 2.58. The second kappa shape index (κ2) is 3.44. The molecule has 2 rings (SSSR count). The molecule has 0 fully saturated rings. The molecule has 2 heterocycles. The molecule has 0 bridgehead atoms. The highest BCUT2D eigenvalue weighted by molar-refractivity contribution is 7.19. The average molecular weight is 247 g/mol. The van der Waals surface area contributed by atoms with E-state index in [2.05, 4.69) is 4.98 Å². The SMILES string of the molecule is O=C(O)c1cnc2cc(C(F)(F)F)sc2c1. The van der Waals surface area contributed by atoms with E-state index >= 15 is 0 Å². The van der Waals surface area contributed by atoms with Crippen LogP contribution in [0.2, 0.25) is 0 Å². The van der Waals surface area contributed by atoms with Crippen LogP contribution in [0.1, 0.15) is 15.2 Å². The van der Waals surface area contributed by atoms with Crippen LogP contribution in [0.3, 0.4) is 0 Å². The maximum atomic E-state index is 12.4. The Bertz CT molecular complexity index is 561. The van der Waals surface area contributed by atoms with Crippen molar-refractivity contribution in [3.63, 3.8) is 0 Å². The molecule has 0 saturated heterocycles. The number of carbonyl (C=O) groups is 1. The van der Waals surface area contributed by atoms with Crippen molar-refractivity contribution >= 4 is 27.5 Å². The smallest absolute Gasteiger partial charge is 0.425 e. The molecule has 1 N–H and O–H groups in total. The standard InChI is InChI=1S/C9H4F3NO2S/c10-9(11,12)7-2-5-6(16-7)1-4(3-13-5)8(14)15/h1-3H,(H,14,15). The zero-order chi connectivity index (χ0) is 11.9. The third-order valence-electron chi connectivity index (χ3n) is 1.90. The Morgan fingerprint density at radius 3 is 2.62 bits per heavy atom. The van der Waals surface area contributed by atoms with E-state index in [1.165, 1.54) is 6.07 Å². The summed E-state index contributed by atoms with van der Waals surface area (Å²) in [5, 5.41) is 8.65. The van der Waals surface area contributed by atoms with Gasteiger partial charge in [0.2, 0.25) is 0 Å². The number of thiophene rings is 1. The summed E-state index contributed by atoms with van der Waals surface area (Å²) < 4.78 is 37.3. The van der Waals surface area contributed by atoms with Crippen molar-refractivity contribution in [3.05, 3.63) is 28.8 Å². The lowest BCUT2D eigenvalue weighted by Gasteiger charge is -1.99. The van der Waals surface area contributed by atoms with Gasteiger partial charge in [-0.1, -0.05) is 0 Å². The maximum absolute atomic E-state index is 12.4. The number of hydrogen-bond acceptors (Lipinski definition) is 3. The summed E-state index contributed by atoms with van der Waals surface area (Å²) >= 11 is 0.485. The Kier molecular flexibility index (Phi) is 2.34. The molecular formula is C9H4F3NO2S. The molecule has 84 valence electrons. The van der Waals surface area contributed by atoms with Crippen molar-refractivity contribution in [2.24, 2.45) is 0 Å². The number of carboxylic acid groups (broad SMARTS) is 1. The van der Waals surface area contributed by atoms with Gasteiger partial charge in [0.25, 0.3) is 0 Å². The van der Waals surface area contributed by atoms with Crippen molar-refractivity contribution in [2.75, 3.05) is 0 Å². The largest absolute Gasteiger partial charge is 0.478 e. The van der Waals surface area contributed by atoms with Crippen LogP contribution in [0.5, 0.6) is 0 Å². The molecule has 0 aliphatic carbocycles. The third-order valence-corrected chi connectivity index (χ3v) is 3.01. The summed E-state index contributed by atoms with van der Waals surface area (Å²) in [5.41, 5.74) is 0.0328. The second-order valence-electron chi connectivity index (χ2n) is 3.02. The Morgan fingerprint density at radius 1 is 1.38 bits per heavy atom. The molecule has 0 amide bonds. The van der Waals surface area contributed by atoms with Gasteiger partial charge in [-0.3, -0.25) is 4.98 Å². The zero-order valence-corrected chi connectivity index (χ0v) is 8.39. The van der Waals surface area contributed by atoms with Crippen molar-refractivity contribution in [3.8, 4) is 0 Å². The highest BCUT2D eigenvalue weighted by atomic mass is 32.1. The first-order valence-corrected chi connectivity index (χ1v) is 4.89. The Hall–Kier alpha value is -1.63. The van der Waals surface area contributed by atoms with Crippen LogP contribution >= 0.6 is 11.3 Å². The molecule has 0 radical (unpaired) electrons. The number of fused-ring (bicyclic) bond motifs is 1. The maximum Gasteiger partial charge on any atom is 0.425 e. The molecule has 0 atom stereocenters. The minimum atomic E-state index is -4.42. The number of pyridine rings is 1. The lowest BCUT2D eigenvalue weighted by Crippen LogP contribution is -2.00. The Labute approximate surface area is 91.2 Å². The van der Waals surface area contributed by atoms with Crippen molar-refractivity contribution < 1.29 is 23.1 Å². The van der Waals surface area contributed by atoms with Crippen molar-refractivity contribution in [2.45, 2.75) is 6.18 Å². The van der Waals surface area contributed by atoms with Gasteiger partial charge in [-0.25, -0.2) is 4.79 Å². The van der Waals surface area contributed by atoms with Gasteiger partial charge in [0.05, 0.1) is 15.8 Å². The number of nitrogens with zero attached hydrogens (tertiary/aromatic N) is 1. The number of rotatable bonds is 1. The first-order valence-electron chi connectivity index (χ1n) is 4.08. The monoisotopic (exact) mass is 247 g/mol. The van der Waals surface area contributed by atoms with Crippen LogP contribution in [0.4, 0.5) is 13.2 Å². The third kappa shape index (κ3) is 1.85. The van der Waals surface area contributed by atoms with E-state index in [1.807, 2.05) is 0 Å². The molecule has 16 heavy (non-hydrogen) atoms. The minimum absolute atomic E-state index is 0.122. The van der Waals surface area contributed by atoms with Gasteiger partial charge in [0, 0.05) is 6.20 Å². The second-order valence-corrected chi connectivity index (χ2v) is 4.10. The fraction of sp³-hybridized carbons (Fsp3) is 0.111. The van der Waals surface area contributed by atoms with Crippen LogP contribution in [0.15, 0.2) is 18.3 Å². The summed E-state index contributed by atoms with van der Waals surface area (Å²) in [5.74, 6) is -1.21. The van der Waals surface area contributed by atoms with Crippen LogP contribution < -0.4 is 0 Å². The number of alkyl halides is 3. The van der Waals surface area contributed by atoms with Gasteiger partial charge in [0.1, 0.15) is 4.88 Å². The lowest BCUT2D eigenvalue weighted by atomic mass is 10.2. The van der Waals surface area contributed by atoms with E-state index < -0.39 is 17.0 Å². The number of hydrogen-bond donors (Lipinski definition) is 1. The summed E-state index contributed by atoms with van der Waals surface area (Å²) in [7, 11) is 0. The van der Waals surface area contributed by atoms with Gasteiger partial charge < -0.3 is 5.11 Å². The molecule has 2 aromatic heterocycles. The summed E-state index contributed by atoms with van der Waals surface area (Å²) in [6.45, 7) is 0. The molecule has 0 saturated carbocycles. The lowest BCUT2D eigenvalue weighted by molar-refractivity contribution is -0.134. The van der Waals surface area contributed by atoms with Crippen molar-refractivity contribution in [1.29, 1.82) is 0 Å². The van der Waals surface area contributed by atoms with Crippen LogP contribution in [-0.4, -0.2) is 16.1 Å². The van der Waals surface area contributed by atoms with Crippen LogP contribution in [0.25, 0.3) is 10.2 Å². The van der Waals surface area contributed by atoms with E-state index in [0.29, 0.717) is 11.3 Å². The zero-order valence-electron chi connectivity index (χ0n) is 7.58. The summed E-state index contributed by atoms with van der Waals surface area (Å²) in [6.07, 6.45) is -3.38.